The molecule has 2 aromatic carbocycles. The molecule has 0 amide bonds. The third kappa shape index (κ3) is 6.50. The van der Waals surface area contributed by atoms with Gasteiger partial charge in [-0.05, 0) is 30.7 Å². The third-order valence-corrected chi connectivity index (χ3v) is 3.98. The van der Waals surface area contributed by atoms with Crippen molar-refractivity contribution in [3.8, 4) is 17.2 Å². The average Bonchev–Trinajstić information content (AvgIpc) is 2.66. The van der Waals surface area contributed by atoms with Gasteiger partial charge in [-0.2, -0.15) is 0 Å². The lowest BCUT2D eigenvalue weighted by molar-refractivity contribution is 0.370. The largest absolute Gasteiger partial charge is 0.504 e. The van der Waals surface area contributed by atoms with E-state index in [2.05, 4.69) is 10.3 Å². The number of methoxy groups -OCH3 is 2. The number of hydrogen-bond donors (Lipinski definition) is 2. The fraction of sp³-hybridized carbons (Fsp3) is 0.350. The standard InChI is InChI=1S/C20H27N3O3.HI/c1-5-21-20(22-13-16-7-6-8-18(26-4)19(16)24)23(2)14-15-9-11-17(25-3)12-10-15;/h6-12,24H,5,13-14H2,1-4H3,(H,21,22);1H. The number of guanidine groups is 1. The molecule has 0 spiro atoms. The van der Waals surface area contributed by atoms with Crippen LogP contribution in [0.1, 0.15) is 18.1 Å². The minimum absolute atomic E-state index is 0. The average molecular weight is 485 g/mol. The number of hydrogen-bond acceptors (Lipinski definition) is 4. The number of nitrogens with one attached hydrogen (secondary N) is 1. The first-order valence-corrected chi connectivity index (χ1v) is 8.56. The molecule has 0 unspecified atom stereocenters. The van der Waals surface area contributed by atoms with Gasteiger partial charge in [0.25, 0.3) is 0 Å². The van der Waals surface area contributed by atoms with E-state index in [1.54, 1.807) is 13.2 Å². The minimum atomic E-state index is 0. The molecule has 0 heterocycles. The van der Waals surface area contributed by atoms with E-state index < -0.39 is 0 Å². The summed E-state index contributed by atoms with van der Waals surface area (Å²) in [5.74, 6) is 2.19. The van der Waals surface area contributed by atoms with Gasteiger partial charge in [0, 0.05) is 25.7 Å². The van der Waals surface area contributed by atoms with Gasteiger partial charge in [0.15, 0.2) is 17.5 Å². The smallest absolute Gasteiger partial charge is 0.194 e. The lowest BCUT2D eigenvalue weighted by Crippen LogP contribution is -2.38. The predicted octanol–water partition coefficient (Wildman–Crippen LogP) is 3.62. The molecule has 0 atom stereocenters. The Morgan fingerprint density at radius 2 is 1.81 bits per heavy atom. The fourth-order valence-electron chi connectivity index (χ4n) is 2.57. The van der Waals surface area contributed by atoms with Crippen LogP contribution in [0.15, 0.2) is 47.5 Å². The van der Waals surface area contributed by atoms with Crippen LogP contribution in [-0.2, 0) is 13.1 Å². The van der Waals surface area contributed by atoms with E-state index in [4.69, 9.17) is 9.47 Å². The number of rotatable bonds is 7. The molecule has 0 fully saturated rings. The maximum atomic E-state index is 10.2. The molecule has 0 bridgehead atoms. The monoisotopic (exact) mass is 485 g/mol. The molecule has 0 saturated heterocycles. The Hall–Kier alpha value is -2.16. The van der Waals surface area contributed by atoms with Gasteiger partial charge in [-0.15, -0.1) is 24.0 Å². The predicted molar refractivity (Wildman–Crippen MR) is 119 cm³/mol. The van der Waals surface area contributed by atoms with Gasteiger partial charge in [0.1, 0.15) is 5.75 Å². The summed E-state index contributed by atoms with van der Waals surface area (Å²) in [6.45, 7) is 3.86. The topological polar surface area (TPSA) is 66.3 Å². The molecule has 148 valence electrons. The van der Waals surface area contributed by atoms with Gasteiger partial charge in [-0.25, -0.2) is 4.99 Å². The Bertz CT molecular complexity index is 736. The zero-order valence-electron chi connectivity index (χ0n) is 16.2. The highest BCUT2D eigenvalue weighted by Gasteiger charge is 2.10. The van der Waals surface area contributed by atoms with Crippen LogP contribution < -0.4 is 14.8 Å². The van der Waals surface area contributed by atoms with Crippen LogP contribution in [0.2, 0.25) is 0 Å². The number of halogens is 1. The van der Waals surface area contributed by atoms with Crippen LogP contribution in [0.3, 0.4) is 0 Å². The maximum Gasteiger partial charge on any atom is 0.194 e. The molecule has 0 aliphatic heterocycles. The first kappa shape index (κ1) is 22.9. The number of phenolic OH excluding ortho intramolecular Hbond substituents is 1. The maximum absolute atomic E-state index is 10.2. The normalized spacial score (nSPS) is 10.7. The van der Waals surface area contributed by atoms with E-state index in [1.807, 2.05) is 55.3 Å². The van der Waals surface area contributed by atoms with E-state index in [0.29, 0.717) is 18.8 Å². The molecule has 6 nitrogen and oxygen atoms in total. The van der Waals surface area contributed by atoms with Crippen molar-refractivity contribution in [2.45, 2.75) is 20.0 Å². The number of aromatic hydroxyl groups is 1. The Kier molecular flexibility index (Phi) is 9.77. The van der Waals surface area contributed by atoms with Crippen molar-refractivity contribution < 1.29 is 14.6 Å². The number of aliphatic imine (C=N–C) groups is 1. The molecule has 0 radical (unpaired) electrons. The van der Waals surface area contributed by atoms with Crippen molar-refractivity contribution in [3.05, 3.63) is 53.6 Å². The van der Waals surface area contributed by atoms with E-state index in [-0.39, 0.29) is 29.7 Å². The van der Waals surface area contributed by atoms with Crippen LogP contribution in [0.4, 0.5) is 0 Å². The lowest BCUT2D eigenvalue weighted by Gasteiger charge is -2.22. The van der Waals surface area contributed by atoms with Crippen molar-refractivity contribution >= 4 is 29.9 Å². The Morgan fingerprint density at radius 3 is 2.41 bits per heavy atom. The molecule has 0 aliphatic carbocycles. The first-order chi connectivity index (χ1) is 12.6. The van der Waals surface area contributed by atoms with Gasteiger partial charge in [-0.1, -0.05) is 24.3 Å². The highest BCUT2D eigenvalue weighted by molar-refractivity contribution is 14.0. The van der Waals surface area contributed by atoms with E-state index in [1.165, 1.54) is 7.11 Å². The van der Waals surface area contributed by atoms with Crippen LogP contribution in [-0.4, -0.2) is 43.8 Å². The SMILES string of the molecule is CCNC(=NCc1cccc(OC)c1O)N(C)Cc1ccc(OC)cc1.I. The Balaban J connectivity index is 0.00000364. The lowest BCUT2D eigenvalue weighted by atomic mass is 10.2. The molecule has 2 N–H and O–H groups in total. The van der Waals surface area contributed by atoms with Crippen LogP contribution in [0, 0.1) is 0 Å². The summed E-state index contributed by atoms with van der Waals surface area (Å²) in [7, 11) is 5.18. The van der Waals surface area contributed by atoms with Crippen molar-refractivity contribution in [2.24, 2.45) is 4.99 Å². The highest BCUT2D eigenvalue weighted by atomic mass is 127. The van der Waals surface area contributed by atoms with E-state index in [9.17, 15) is 5.11 Å². The van der Waals surface area contributed by atoms with E-state index in [0.717, 1.165) is 29.4 Å². The first-order valence-electron chi connectivity index (χ1n) is 8.56. The van der Waals surface area contributed by atoms with Gasteiger partial charge in [0.05, 0.1) is 20.8 Å². The Morgan fingerprint density at radius 1 is 1.11 bits per heavy atom. The highest BCUT2D eigenvalue weighted by Crippen LogP contribution is 2.29. The fourth-order valence-corrected chi connectivity index (χ4v) is 2.57. The molecule has 0 saturated carbocycles. The molecule has 27 heavy (non-hydrogen) atoms. The number of para-hydroxylation sites is 1. The summed E-state index contributed by atoms with van der Waals surface area (Å²) in [6, 6.07) is 13.4. The van der Waals surface area contributed by atoms with E-state index >= 15 is 0 Å². The molecular formula is C20H28IN3O3. The molecule has 2 rings (SSSR count). The quantitative estimate of drug-likeness (QED) is 0.356. The molecule has 2 aromatic rings. The zero-order chi connectivity index (χ0) is 18.9. The molecule has 0 aliphatic rings. The van der Waals surface area contributed by atoms with Crippen molar-refractivity contribution in [2.75, 3.05) is 27.8 Å². The Labute approximate surface area is 178 Å². The summed E-state index contributed by atoms with van der Waals surface area (Å²) in [6.07, 6.45) is 0. The minimum Gasteiger partial charge on any atom is -0.504 e. The second kappa shape index (κ2) is 11.5. The van der Waals surface area contributed by atoms with Gasteiger partial charge in [0.2, 0.25) is 0 Å². The van der Waals surface area contributed by atoms with Crippen LogP contribution in [0.25, 0.3) is 0 Å². The van der Waals surface area contributed by atoms with Gasteiger partial charge < -0.3 is 24.8 Å². The summed E-state index contributed by atoms with van der Waals surface area (Å²) in [5.41, 5.74) is 1.88. The summed E-state index contributed by atoms with van der Waals surface area (Å²) in [4.78, 5) is 6.69. The van der Waals surface area contributed by atoms with Crippen molar-refractivity contribution in [1.82, 2.24) is 10.2 Å². The number of benzene rings is 2. The summed E-state index contributed by atoms with van der Waals surface area (Å²) >= 11 is 0. The number of nitrogens with zero attached hydrogens (tertiary/aromatic N) is 2. The molecule has 0 aromatic heterocycles. The second-order valence-corrected chi connectivity index (χ2v) is 5.84. The van der Waals surface area contributed by atoms with Crippen molar-refractivity contribution in [1.29, 1.82) is 0 Å². The second-order valence-electron chi connectivity index (χ2n) is 5.84. The van der Waals surface area contributed by atoms with Gasteiger partial charge in [-0.3, -0.25) is 0 Å². The van der Waals surface area contributed by atoms with Gasteiger partial charge >= 0.3 is 0 Å². The van der Waals surface area contributed by atoms with Crippen LogP contribution >= 0.6 is 24.0 Å². The molecular weight excluding hydrogens is 457 g/mol. The number of phenols is 1. The third-order valence-electron chi connectivity index (χ3n) is 3.98. The summed E-state index contributed by atoms with van der Waals surface area (Å²) < 4.78 is 10.3. The zero-order valence-corrected chi connectivity index (χ0v) is 18.6. The summed E-state index contributed by atoms with van der Waals surface area (Å²) in [5, 5.41) is 13.5. The van der Waals surface area contributed by atoms with Crippen LogP contribution in [0.5, 0.6) is 17.2 Å². The number of ether oxygens (including phenoxy) is 2. The molecule has 7 heteroatoms. The van der Waals surface area contributed by atoms with Crippen molar-refractivity contribution in [3.63, 3.8) is 0 Å².